The first-order chi connectivity index (χ1) is 11.0. The van der Waals surface area contributed by atoms with Crippen molar-refractivity contribution in [3.05, 3.63) is 75.8 Å². The van der Waals surface area contributed by atoms with E-state index in [0.717, 1.165) is 5.56 Å². The molecule has 0 bridgehead atoms. The van der Waals surface area contributed by atoms with Gasteiger partial charge in [0.25, 0.3) is 5.69 Å². The van der Waals surface area contributed by atoms with Crippen LogP contribution in [0.4, 0.5) is 5.69 Å². The van der Waals surface area contributed by atoms with Crippen LogP contribution >= 0.6 is 0 Å². The minimum atomic E-state index is -1.29. The summed E-state index contributed by atoms with van der Waals surface area (Å²) >= 11 is 0. The van der Waals surface area contributed by atoms with Crippen LogP contribution in [0.25, 0.3) is 0 Å². The summed E-state index contributed by atoms with van der Waals surface area (Å²) in [5.74, 6) is -2.62. The first-order valence-corrected chi connectivity index (χ1v) is 7.00. The van der Waals surface area contributed by atoms with Gasteiger partial charge in [-0.2, -0.15) is 0 Å². The molecule has 1 unspecified atom stereocenters. The van der Waals surface area contributed by atoms with E-state index in [9.17, 15) is 24.8 Å². The van der Waals surface area contributed by atoms with Gasteiger partial charge in [-0.1, -0.05) is 30.3 Å². The maximum Gasteiger partial charge on any atom is 0.269 e. The summed E-state index contributed by atoms with van der Waals surface area (Å²) in [6, 6.07) is 14.1. The lowest BCUT2D eigenvalue weighted by atomic mass is 9.92. The van der Waals surface area contributed by atoms with Gasteiger partial charge in [0, 0.05) is 36.0 Å². The van der Waals surface area contributed by atoms with Crippen LogP contribution in [0.5, 0.6) is 0 Å². The van der Waals surface area contributed by atoms with E-state index in [2.05, 4.69) is 0 Å². The number of carboxylic acid groups (broad SMARTS) is 1. The fraction of sp³-hybridized carbons (Fsp3) is 0.176. The number of non-ortho nitro benzene ring substituents is 1. The number of nitrogens with zero attached hydrogens (tertiary/aromatic N) is 1. The van der Waals surface area contributed by atoms with Gasteiger partial charge in [0.15, 0.2) is 5.78 Å². The van der Waals surface area contributed by atoms with Crippen molar-refractivity contribution in [2.75, 3.05) is 0 Å². The molecular formula is C17H14NO5-. The largest absolute Gasteiger partial charge is 0.550 e. The Morgan fingerprint density at radius 2 is 1.61 bits per heavy atom. The van der Waals surface area contributed by atoms with E-state index >= 15 is 0 Å². The molecule has 118 valence electrons. The van der Waals surface area contributed by atoms with Crippen molar-refractivity contribution in [2.24, 2.45) is 5.92 Å². The number of nitro benzene ring substituents is 1. The number of hydrogen-bond acceptors (Lipinski definition) is 5. The quantitative estimate of drug-likeness (QED) is 0.440. The van der Waals surface area contributed by atoms with Crippen LogP contribution in [-0.4, -0.2) is 16.7 Å². The Morgan fingerprint density at radius 1 is 1.00 bits per heavy atom. The average molecular weight is 312 g/mol. The summed E-state index contributed by atoms with van der Waals surface area (Å²) < 4.78 is 0. The van der Waals surface area contributed by atoms with Crippen molar-refractivity contribution in [1.29, 1.82) is 0 Å². The minimum Gasteiger partial charge on any atom is -0.550 e. The van der Waals surface area contributed by atoms with Crippen LogP contribution in [0.3, 0.4) is 0 Å². The van der Waals surface area contributed by atoms with E-state index in [1.165, 1.54) is 24.3 Å². The normalized spacial score (nSPS) is 11.7. The number of benzene rings is 2. The monoisotopic (exact) mass is 312 g/mol. The molecule has 2 aromatic rings. The molecule has 6 nitrogen and oxygen atoms in total. The van der Waals surface area contributed by atoms with Gasteiger partial charge in [0.2, 0.25) is 0 Å². The smallest absolute Gasteiger partial charge is 0.269 e. The number of Topliss-reactive ketones (excluding diaryl/α,β-unsaturated/α-hetero) is 1. The van der Waals surface area contributed by atoms with Crippen LogP contribution in [0.15, 0.2) is 54.6 Å². The molecule has 0 aliphatic heterocycles. The van der Waals surface area contributed by atoms with Crippen molar-refractivity contribution in [3.63, 3.8) is 0 Å². The Bertz CT molecular complexity index is 710. The molecule has 0 radical (unpaired) electrons. The van der Waals surface area contributed by atoms with Crippen LogP contribution in [0.2, 0.25) is 0 Å². The Labute approximate surface area is 132 Å². The highest BCUT2D eigenvalue weighted by Crippen LogP contribution is 2.18. The topological polar surface area (TPSA) is 100 Å². The number of carboxylic acids is 1. The van der Waals surface area contributed by atoms with Gasteiger partial charge < -0.3 is 9.90 Å². The molecule has 1 atom stereocenters. The van der Waals surface area contributed by atoms with Gasteiger partial charge in [-0.3, -0.25) is 14.9 Å². The van der Waals surface area contributed by atoms with Crippen molar-refractivity contribution in [3.8, 4) is 0 Å². The zero-order valence-corrected chi connectivity index (χ0v) is 12.2. The molecule has 0 amide bonds. The maximum atomic E-state index is 12.2. The lowest BCUT2D eigenvalue weighted by Crippen LogP contribution is -2.34. The Kier molecular flexibility index (Phi) is 5.19. The first-order valence-electron chi connectivity index (χ1n) is 7.00. The molecule has 0 saturated carbocycles. The predicted molar refractivity (Wildman–Crippen MR) is 80.7 cm³/mol. The van der Waals surface area contributed by atoms with Crippen molar-refractivity contribution >= 4 is 17.4 Å². The Morgan fingerprint density at radius 3 is 2.13 bits per heavy atom. The average Bonchev–Trinajstić information content (AvgIpc) is 2.55. The number of carbonyl (C=O) groups is 2. The Balaban J connectivity index is 2.08. The van der Waals surface area contributed by atoms with Crippen molar-refractivity contribution < 1.29 is 19.6 Å². The van der Waals surface area contributed by atoms with Gasteiger partial charge in [0.1, 0.15) is 0 Å². The molecule has 0 aliphatic rings. The van der Waals surface area contributed by atoms with Crippen LogP contribution in [-0.2, 0) is 11.2 Å². The van der Waals surface area contributed by atoms with Crippen molar-refractivity contribution in [1.82, 2.24) is 0 Å². The number of rotatable bonds is 7. The fourth-order valence-corrected chi connectivity index (χ4v) is 2.25. The molecule has 2 aromatic carbocycles. The molecule has 2 rings (SSSR count). The molecule has 0 heterocycles. The van der Waals surface area contributed by atoms with Crippen LogP contribution in [0, 0.1) is 16.0 Å². The molecule has 0 saturated heterocycles. The molecule has 0 N–H and O–H groups in total. The molecule has 0 aromatic heterocycles. The third kappa shape index (κ3) is 4.47. The molecule has 0 spiro atoms. The van der Waals surface area contributed by atoms with Gasteiger partial charge in [-0.05, 0) is 24.1 Å². The SMILES string of the molecule is O=C(CC(Cc1ccccc1)C(=O)[O-])c1ccc([N+](=O)[O-])cc1. The zero-order chi connectivity index (χ0) is 16.8. The van der Waals surface area contributed by atoms with Crippen molar-refractivity contribution in [2.45, 2.75) is 12.8 Å². The number of nitro groups is 1. The number of aliphatic carboxylic acids is 1. The summed E-state index contributed by atoms with van der Waals surface area (Å²) in [6.07, 6.45) is -0.0169. The van der Waals surface area contributed by atoms with E-state index in [0.29, 0.717) is 0 Å². The van der Waals surface area contributed by atoms with Gasteiger partial charge in [-0.15, -0.1) is 0 Å². The predicted octanol–water partition coefficient (Wildman–Crippen LogP) is 1.78. The molecule has 23 heavy (non-hydrogen) atoms. The van der Waals surface area contributed by atoms with E-state index in [4.69, 9.17) is 0 Å². The lowest BCUT2D eigenvalue weighted by Gasteiger charge is -2.17. The van der Waals surface area contributed by atoms with E-state index in [-0.39, 0.29) is 29.9 Å². The van der Waals surface area contributed by atoms with E-state index < -0.39 is 16.8 Å². The van der Waals surface area contributed by atoms with E-state index in [1.54, 1.807) is 24.3 Å². The third-order valence-electron chi connectivity index (χ3n) is 3.49. The van der Waals surface area contributed by atoms with Gasteiger partial charge >= 0.3 is 0 Å². The summed E-state index contributed by atoms with van der Waals surface area (Å²) in [5.41, 5.74) is 0.926. The summed E-state index contributed by atoms with van der Waals surface area (Å²) in [7, 11) is 0. The summed E-state index contributed by atoms with van der Waals surface area (Å²) in [5, 5.41) is 21.8. The van der Waals surface area contributed by atoms with E-state index in [1.807, 2.05) is 6.07 Å². The molecule has 0 fully saturated rings. The number of carbonyl (C=O) groups excluding carboxylic acids is 2. The first kappa shape index (κ1) is 16.4. The summed E-state index contributed by atoms with van der Waals surface area (Å²) in [6.45, 7) is 0. The van der Waals surface area contributed by atoms with Crippen LogP contribution < -0.4 is 5.11 Å². The highest BCUT2D eigenvalue weighted by atomic mass is 16.6. The summed E-state index contributed by atoms with van der Waals surface area (Å²) in [4.78, 5) is 33.5. The molecule has 0 aliphatic carbocycles. The zero-order valence-electron chi connectivity index (χ0n) is 12.2. The highest BCUT2D eigenvalue weighted by Gasteiger charge is 2.18. The Hall–Kier alpha value is -3.02. The van der Waals surface area contributed by atoms with Gasteiger partial charge in [-0.25, -0.2) is 0 Å². The fourth-order valence-electron chi connectivity index (χ4n) is 2.25. The second-order valence-corrected chi connectivity index (χ2v) is 5.14. The molecule has 6 heteroatoms. The third-order valence-corrected chi connectivity index (χ3v) is 3.49. The lowest BCUT2D eigenvalue weighted by molar-refractivity contribution is -0.384. The number of hydrogen-bond donors (Lipinski definition) is 0. The second-order valence-electron chi connectivity index (χ2n) is 5.14. The standard InChI is InChI=1S/C17H15NO5/c19-16(13-6-8-15(9-7-13)18(22)23)11-14(17(20)21)10-12-4-2-1-3-5-12/h1-9,14H,10-11H2,(H,20,21)/p-1. The maximum absolute atomic E-state index is 12.2. The highest BCUT2D eigenvalue weighted by molar-refractivity contribution is 5.98. The second kappa shape index (κ2) is 7.31. The molecular weight excluding hydrogens is 298 g/mol. The minimum absolute atomic E-state index is 0.123. The van der Waals surface area contributed by atoms with Crippen LogP contribution in [0.1, 0.15) is 22.3 Å². The van der Waals surface area contributed by atoms with Gasteiger partial charge in [0.05, 0.1) is 4.92 Å². The number of ketones is 1.